The molecule has 0 amide bonds. The number of rotatable bonds is 4. The summed E-state index contributed by atoms with van der Waals surface area (Å²) in [6, 6.07) is 4.31. The maximum atomic E-state index is 13.5. The highest BCUT2D eigenvalue weighted by atomic mass is 19.2. The van der Waals surface area contributed by atoms with Crippen molar-refractivity contribution in [3.8, 4) is 0 Å². The molecule has 0 radical (unpaired) electrons. The molecule has 0 unspecified atom stereocenters. The molecule has 0 aromatic heterocycles. The zero-order valence-corrected chi connectivity index (χ0v) is 12.5. The fourth-order valence-electron chi connectivity index (χ4n) is 1.91. The molecular formula is C15H11F4N3O2. The van der Waals surface area contributed by atoms with E-state index < -0.39 is 33.9 Å². The minimum atomic E-state index is -1.62. The zero-order valence-electron chi connectivity index (χ0n) is 12.5. The van der Waals surface area contributed by atoms with Crippen LogP contribution in [0, 0.1) is 40.3 Å². The quantitative estimate of drug-likeness (QED) is 0.296. The lowest BCUT2D eigenvalue weighted by atomic mass is 10.1. The topological polar surface area (TPSA) is 67.5 Å². The maximum Gasteiger partial charge on any atom is 0.272 e. The van der Waals surface area contributed by atoms with E-state index in [0.29, 0.717) is 11.1 Å². The molecule has 0 saturated heterocycles. The number of nitrogens with zero attached hydrogens (tertiary/aromatic N) is 2. The molecule has 5 nitrogen and oxygen atoms in total. The lowest BCUT2D eigenvalue weighted by Crippen LogP contribution is -2.06. The second kappa shape index (κ2) is 6.65. The van der Waals surface area contributed by atoms with E-state index in [4.69, 9.17) is 0 Å². The average molecular weight is 341 g/mol. The van der Waals surface area contributed by atoms with Crippen molar-refractivity contribution in [2.75, 3.05) is 5.43 Å². The van der Waals surface area contributed by atoms with Gasteiger partial charge in [-0.2, -0.15) is 5.10 Å². The second-order valence-electron chi connectivity index (χ2n) is 4.91. The highest BCUT2D eigenvalue weighted by Gasteiger charge is 2.19. The molecule has 0 aliphatic rings. The average Bonchev–Trinajstić information content (AvgIpc) is 2.53. The van der Waals surface area contributed by atoms with Crippen LogP contribution in [0.15, 0.2) is 29.4 Å². The Balaban J connectivity index is 2.37. The smallest absolute Gasteiger partial charge is 0.272 e. The molecule has 0 aliphatic carbocycles. The molecule has 0 aliphatic heterocycles. The van der Waals surface area contributed by atoms with Crippen LogP contribution in [0.1, 0.15) is 18.1 Å². The summed E-state index contributed by atoms with van der Waals surface area (Å²) in [5, 5.41) is 14.5. The Hall–Kier alpha value is -2.97. The summed E-state index contributed by atoms with van der Waals surface area (Å²) in [7, 11) is 0. The summed E-state index contributed by atoms with van der Waals surface area (Å²) in [4.78, 5) is 10.3. The summed E-state index contributed by atoms with van der Waals surface area (Å²) in [6.45, 7) is 2.96. The molecular weight excluding hydrogens is 330 g/mol. The molecule has 0 fully saturated rings. The number of aryl methyl sites for hydroxylation is 1. The predicted molar refractivity (Wildman–Crippen MR) is 79.9 cm³/mol. The van der Waals surface area contributed by atoms with Crippen molar-refractivity contribution in [3.05, 3.63) is 68.8 Å². The normalized spacial score (nSPS) is 11.5. The summed E-state index contributed by atoms with van der Waals surface area (Å²) >= 11 is 0. The number of nitrogens with one attached hydrogen (secondary N) is 1. The third-order valence-corrected chi connectivity index (χ3v) is 3.27. The molecule has 9 heteroatoms. The Morgan fingerprint density at radius 2 is 1.71 bits per heavy atom. The Morgan fingerprint density at radius 1 is 1.12 bits per heavy atom. The van der Waals surface area contributed by atoms with Crippen LogP contribution >= 0.6 is 0 Å². The highest BCUT2D eigenvalue weighted by Crippen LogP contribution is 2.24. The van der Waals surface area contributed by atoms with Crippen molar-refractivity contribution >= 4 is 17.1 Å². The summed E-state index contributed by atoms with van der Waals surface area (Å²) in [5.41, 5.74) is 1.52. The first kappa shape index (κ1) is 17.4. The standard InChI is InChI=1S/C15H11F4N3O2/c1-7-3-4-9(5-12(7)22(23)24)8(2)20-21-15-13(18)10(16)6-11(17)14(15)19/h3-6,21H,1-2H3. The Bertz CT molecular complexity index is 827. The van der Waals surface area contributed by atoms with Gasteiger partial charge in [-0.15, -0.1) is 0 Å². The Labute approximate surface area is 133 Å². The van der Waals surface area contributed by atoms with E-state index in [9.17, 15) is 27.7 Å². The first-order chi connectivity index (χ1) is 11.2. The van der Waals surface area contributed by atoms with Gasteiger partial charge in [0.05, 0.1) is 10.6 Å². The number of hydrogen-bond acceptors (Lipinski definition) is 4. The minimum absolute atomic E-state index is 0.0791. The van der Waals surface area contributed by atoms with Crippen molar-refractivity contribution in [1.29, 1.82) is 0 Å². The molecule has 1 N–H and O–H groups in total. The van der Waals surface area contributed by atoms with Gasteiger partial charge in [0.2, 0.25) is 0 Å². The van der Waals surface area contributed by atoms with Gasteiger partial charge in [-0.05, 0) is 13.8 Å². The minimum Gasteiger partial charge on any atom is -0.272 e. The van der Waals surface area contributed by atoms with Gasteiger partial charge in [0.15, 0.2) is 23.3 Å². The molecule has 2 rings (SSSR count). The van der Waals surface area contributed by atoms with Crippen LogP contribution in [-0.4, -0.2) is 10.6 Å². The fourth-order valence-corrected chi connectivity index (χ4v) is 1.91. The molecule has 0 atom stereocenters. The van der Waals surface area contributed by atoms with Crippen LogP contribution in [-0.2, 0) is 0 Å². The van der Waals surface area contributed by atoms with Crippen LogP contribution < -0.4 is 5.43 Å². The van der Waals surface area contributed by atoms with Gasteiger partial charge >= 0.3 is 0 Å². The molecule has 0 bridgehead atoms. The number of hydrogen-bond donors (Lipinski definition) is 1. The molecule has 2 aromatic carbocycles. The zero-order chi connectivity index (χ0) is 18.0. The van der Waals surface area contributed by atoms with Gasteiger partial charge in [-0.3, -0.25) is 15.5 Å². The first-order valence-electron chi connectivity index (χ1n) is 6.61. The number of halogens is 4. The van der Waals surface area contributed by atoms with Gasteiger partial charge in [-0.1, -0.05) is 12.1 Å². The van der Waals surface area contributed by atoms with E-state index in [1.807, 2.05) is 5.43 Å². The van der Waals surface area contributed by atoms with Gasteiger partial charge in [0.1, 0.15) is 5.69 Å². The second-order valence-corrected chi connectivity index (χ2v) is 4.91. The van der Waals surface area contributed by atoms with E-state index in [-0.39, 0.29) is 17.5 Å². The van der Waals surface area contributed by atoms with Crippen molar-refractivity contribution < 1.29 is 22.5 Å². The molecule has 0 saturated carbocycles. The molecule has 0 heterocycles. The van der Waals surface area contributed by atoms with Gasteiger partial charge in [0, 0.05) is 23.3 Å². The number of hydrazone groups is 1. The van der Waals surface area contributed by atoms with Crippen molar-refractivity contribution in [2.24, 2.45) is 5.10 Å². The van der Waals surface area contributed by atoms with E-state index in [1.54, 1.807) is 6.92 Å². The van der Waals surface area contributed by atoms with E-state index in [0.717, 1.165) is 0 Å². The van der Waals surface area contributed by atoms with Crippen LogP contribution in [0.25, 0.3) is 0 Å². The molecule has 24 heavy (non-hydrogen) atoms. The summed E-state index contributed by atoms with van der Waals surface area (Å²) in [5.74, 6) is -6.40. The first-order valence-corrected chi connectivity index (χ1v) is 6.61. The van der Waals surface area contributed by atoms with Crippen molar-refractivity contribution in [2.45, 2.75) is 13.8 Å². The highest BCUT2D eigenvalue weighted by molar-refractivity contribution is 5.99. The van der Waals surface area contributed by atoms with E-state index >= 15 is 0 Å². The summed E-state index contributed by atoms with van der Waals surface area (Å²) in [6.07, 6.45) is 0. The summed E-state index contributed by atoms with van der Waals surface area (Å²) < 4.78 is 53.2. The van der Waals surface area contributed by atoms with E-state index in [1.165, 1.54) is 25.1 Å². The largest absolute Gasteiger partial charge is 0.272 e. The van der Waals surface area contributed by atoms with Crippen LogP contribution in [0.3, 0.4) is 0 Å². The number of benzene rings is 2. The van der Waals surface area contributed by atoms with Gasteiger partial charge in [-0.25, -0.2) is 17.6 Å². The third kappa shape index (κ3) is 3.34. The van der Waals surface area contributed by atoms with Crippen LogP contribution in [0.5, 0.6) is 0 Å². The lowest BCUT2D eigenvalue weighted by molar-refractivity contribution is -0.385. The van der Waals surface area contributed by atoms with Crippen molar-refractivity contribution in [1.82, 2.24) is 0 Å². The monoisotopic (exact) mass is 341 g/mol. The van der Waals surface area contributed by atoms with Crippen LogP contribution in [0.4, 0.5) is 28.9 Å². The van der Waals surface area contributed by atoms with Crippen LogP contribution in [0.2, 0.25) is 0 Å². The van der Waals surface area contributed by atoms with Crippen molar-refractivity contribution in [3.63, 3.8) is 0 Å². The number of anilines is 1. The Kier molecular flexibility index (Phi) is 4.82. The predicted octanol–water partition coefficient (Wildman–Crippen LogP) is 4.30. The van der Waals surface area contributed by atoms with Gasteiger partial charge in [0.25, 0.3) is 5.69 Å². The van der Waals surface area contributed by atoms with Gasteiger partial charge < -0.3 is 0 Å². The lowest BCUT2D eigenvalue weighted by Gasteiger charge is -2.08. The van der Waals surface area contributed by atoms with E-state index in [2.05, 4.69) is 5.10 Å². The Morgan fingerprint density at radius 3 is 2.25 bits per heavy atom. The molecule has 2 aromatic rings. The molecule has 126 valence electrons. The third-order valence-electron chi connectivity index (χ3n) is 3.27. The molecule has 0 spiro atoms. The fraction of sp³-hybridized carbons (Fsp3) is 0.133. The SMILES string of the molecule is CC(=NNc1c(F)c(F)cc(F)c1F)c1ccc(C)c([N+](=O)[O-])c1. The number of nitro groups is 1. The maximum absolute atomic E-state index is 13.5. The number of nitro benzene ring substituents is 1.